The fraction of sp³-hybridized carbons (Fsp3) is 0.538. The Morgan fingerprint density at radius 1 is 1.53 bits per heavy atom. The van der Waals surface area contributed by atoms with Gasteiger partial charge >= 0.3 is 0 Å². The van der Waals surface area contributed by atoms with Crippen LogP contribution in [0.15, 0.2) is 18.2 Å². The lowest BCUT2D eigenvalue weighted by atomic mass is 10.1. The largest absolute Gasteiger partial charge is 0.495 e. The van der Waals surface area contributed by atoms with Crippen molar-refractivity contribution >= 4 is 5.69 Å². The van der Waals surface area contributed by atoms with Crippen LogP contribution in [0, 0.1) is 0 Å². The first-order valence-electron chi connectivity index (χ1n) is 6.00. The Labute approximate surface area is 101 Å². The molecule has 0 amide bonds. The van der Waals surface area contributed by atoms with E-state index in [4.69, 9.17) is 4.74 Å². The van der Waals surface area contributed by atoms with Gasteiger partial charge in [0.25, 0.3) is 0 Å². The van der Waals surface area contributed by atoms with Crippen LogP contribution in [-0.4, -0.2) is 26.2 Å². The Bertz CT molecular complexity index is 376. The molecule has 0 radical (unpaired) electrons. The van der Waals surface area contributed by atoms with E-state index >= 15 is 0 Å². The minimum absolute atomic E-state index is 0.428. The molecular weight excluding hydrogens is 219 g/mol. The number of methoxy groups -OCH3 is 1. The lowest BCUT2D eigenvalue weighted by Crippen LogP contribution is -2.22. The van der Waals surface area contributed by atoms with Crippen molar-refractivity contribution in [3.05, 3.63) is 23.8 Å². The van der Waals surface area contributed by atoms with Gasteiger partial charge < -0.3 is 15.4 Å². The van der Waals surface area contributed by atoms with Crippen LogP contribution in [0.3, 0.4) is 0 Å². The molecule has 2 atom stereocenters. The van der Waals surface area contributed by atoms with Crippen LogP contribution in [0.25, 0.3) is 0 Å². The van der Waals surface area contributed by atoms with E-state index < -0.39 is 6.17 Å². The summed E-state index contributed by atoms with van der Waals surface area (Å²) in [5, 5.41) is 6.71. The van der Waals surface area contributed by atoms with Gasteiger partial charge in [-0.1, -0.05) is 6.07 Å². The standard InChI is InChI=1S/C13H19FN2O/c1-9(14)10-3-4-12(13(7-10)17-2)16-11-5-6-15-8-11/h3-4,7,9,11,15-16H,5-6,8H2,1-2H3. The van der Waals surface area contributed by atoms with Crippen molar-refractivity contribution in [2.75, 3.05) is 25.5 Å². The third kappa shape index (κ3) is 2.88. The van der Waals surface area contributed by atoms with Crippen LogP contribution in [0.2, 0.25) is 0 Å². The molecule has 0 saturated carbocycles. The summed E-state index contributed by atoms with van der Waals surface area (Å²) in [7, 11) is 1.61. The number of alkyl halides is 1. The number of anilines is 1. The predicted molar refractivity (Wildman–Crippen MR) is 67.4 cm³/mol. The molecule has 94 valence electrons. The third-order valence-electron chi connectivity index (χ3n) is 3.10. The van der Waals surface area contributed by atoms with Gasteiger partial charge in [-0.05, 0) is 37.6 Å². The maximum atomic E-state index is 13.2. The van der Waals surface area contributed by atoms with E-state index in [0.29, 0.717) is 17.4 Å². The summed E-state index contributed by atoms with van der Waals surface area (Å²) in [4.78, 5) is 0. The molecule has 1 saturated heterocycles. The first-order chi connectivity index (χ1) is 8.20. The van der Waals surface area contributed by atoms with Crippen molar-refractivity contribution in [2.24, 2.45) is 0 Å². The van der Waals surface area contributed by atoms with Crippen molar-refractivity contribution < 1.29 is 9.13 Å². The van der Waals surface area contributed by atoms with Crippen molar-refractivity contribution in [3.8, 4) is 5.75 Å². The topological polar surface area (TPSA) is 33.3 Å². The van der Waals surface area contributed by atoms with Gasteiger partial charge in [0.1, 0.15) is 11.9 Å². The summed E-state index contributed by atoms with van der Waals surface area (Å²) < 4.78 is 18.5. The molecule has 17 heavy (non-hydrogen) atoms. The number of hydrogen-bond acceptors (Lipinski definition) is 3. The van der Waals surface area contributed by atoms with Gasteiger partial charge in [0.05, 0.1) is 12.8 Å². The van der Waals surface area contributed by atoms with Gasteiger partial charge in [-0.3, -0.25) is 0 Å². The highest BCUT2D eigenvalue weighted by Crippen LogP contribution is 2.30. The predicted octanol–water partition coefficient (Wildman–Crippen LogP) is 2.50. The second-order valence-electron chi connectivity index (χ2n) is 4.41. The molecule has 2 rings (SSSR count). The average Bonchev–Trinajstić information content (AvgIpc) is 2.82. The summed E-state index contributed by atoms with van der Waals surface area (Å²) in [5.74, 6) is 0.707. The minimum Gasteiger partial charge on any atom is -0.495 e. The Morgan fingerprint density at radius 2 is 2.35 bits per heavy atom. The quantitative estimate of drug-likeness (QED) is 0.845. The van der Waals surface area contributed by atoms with Crippen LogP contribution in [-0.2, 0) is 0 Å². The monoisotopic (exact) mass is 238 g/mol. The summed E-state index contributed by atoms with van der Waals surface area (Å²) in [6.45, 7) is 3.53. The van der Waals surface area contributed by atoms with E-state index in [0.717, 1.165) is 25.2 Å². The Morgan fingerprint density at radius 3 is 2.94 bits per heavy atom. The molecule has 0 aliphatic carbocycles. The second-order valence-corrected chi connectivity index (χ2v) is 4.41. The fourth-order valence-electron chi connectivity index (χ4n) is 2.07. The fourth-order valence-corrected chi connectivity index (χ4v) is 2.07. The summed E-state index contributed by atoms with van der Waals surface area (Å²) in [6, 6.07) is 5.88. The first kappa shape index (κ1) is 12.2. The molecule has 2 N–H and O–H groups in total. The van der Waals surface area contributed by atoms with Crippen LogP contribution < -0.4 is 15.4 Å². The van der Waals surface area contributed by atoms with Crippen LogP contribution in [0.5, 0.6) is 5.75 Å². The van der Waals surface area contributed by atoms with Gasteiger partial charge in [0.15, 0.2) is 0 Å². The molecule has 1 aliphatic rings. The van der Waals surface area contributed by atoms with E-state index in [2.05, 4.69) is 10.6 Å². The molecular formula is C13H19FN2O. The highest BCUT2D eigenvalue weighted by Gasteiger charge is 2.16. The normalized spacial score (nSPS) is 21.2. The number of nitrogens with one attached hydrogen (secondary N) is 2. The van der Waals surface area contributed by atoms with E-state index in [1.165, 1.54) is 6.92 Å². The van der Waals surface area contributed by atoms with Crippen molar-refractivity contribution in [3.63, 3.8) is 0 Å². The van der Waals surface area contributed by atoms with Crippen molar-refractivity contribution in [2.45, 2.75) is 25.6 Å². The van der Waals surface area contributed by atoms with Crippen molar-refractivity contribution in [1.82, 2.24) is 5.32 Å². The molecule has 1 heterocycles. The second kappa shape index (κ2) is 5.36. The Hall–Kier alpha value is -1.29. The number of ether oxygens (including phenoxy) is 1. The molecule has 3 nitrogen and oxygen atoms in total. The van der Waals surface area contributed by atoms with Gasteiger partial charge in [0, 0.05) is 12.6 Å². The van der Waals surface area contributed by atoms with Gasteiger partial charge in [-0.2, -0.15) is 0 Å². The lowest BCUT2D eigenvalue weighted by Gasteiger charge is -2.17. The number of hydrogen-bond donors (Lipinski definition) is 2. The smallest absolute Gasteiger partial charge is 0.142 e. The zero-order chi connectivity index (χ0) is 12.3. The molecule has 1 aromatic carbocycles. The van der Waals surface area contributed by atoms with E-state index in [9.17, 15) is 4.39 Å². The molecule has 1 aliphatic heterocycles. The highest BCUT2D eigenvalue weighted by molar-refractivity contribution is 5.58. The third-order valence-corrected chi connectivity index (χ3v) is 3.10. The first-order valence-corrected chi connectivity index (χ1v) is 6.00. The minimum atomic E-state index is -0.967. The van der Waals surface area contributed by atoms with Gasteiger partial charge in [-0.25, -0.2) is 4.39 Å². The molecule has 1 fully saturated rings. The number of rotatable bonds is 4. The van der Waals surface area contributed by atoms with Crippen molar-refractivity contribution in [1.29, 1.82) is 0 Å². The SMILES string of the molecule is COc1cc(C(C)F)ccc1NC1CCNC1. The zero-order valence-corrected chi connectivity index (χ0v) is 10.3. The van der Waals surface area contributed by atoms with Crippen LogP contribution in [0.1, 0.15) is 25.1 Å². The molecule has 0 bridgehead atoms. The maximum absolute atomic E-state index is 13.2. The van der Waals surface area contributed by atoms with Crippen LogP contribution >= 0.6 is 0 Å². The molecule has 1 aromatic rings. The summed E-state index contributed by atoms with van der Waals surface area (Å²) in [6.07, 6.45) is 0.135. The van der Waals surface area contributed by atoms with Gasteiger partial charge in [-0.15, -0.1) is 0 Å². The molecule has 2 unspecified atom stereocenters. The number of benzene rings is 1. The average molecular weight is 238 g/mol. The zero-order valence-electron chi connectivity index (χ0n) is 10.3. The van der Waals surface area contributed by atoms with Crippen LogP contribution in [0.4, 0.5) is 10.1 Å². The summed E-state index contributed by atoms with van der Waals surface area (Å²) >= 11 is 0. The number of halogens is 1. The molecule has 0 aromatic heterocycles. The maximum Gasteiger partial charge on any atom is 0.142 e. The van der Waals surface area contributed by atoms with E-state index in [1.54, 1.807) is 19.2 Å². The Balaban J connectivity index is 2.15. The van der Waals surface area contributed by atoms with E-state index in [-0.39, 0.29) is 0 Å². The highest BCUT2D eigenvalue weighted by atomic mass is 19.1. The van der Waals surface area contributed by atoms with E-state index in [1.807, 2.05) is 6.07 Å². The lowest BCUT2D eigenvalue weighted by molar-refractivity contribution is 0.370. The Kier molecular flexibility index (Phi) is 3.84. The van der Waals surface area contributed by atoms with Gasteiger partial charge in [0.2, 0.25) is 0 Å². The molecule has 0 spiro atoms. The molecule has 4 heteroatoms. The summed E-state index contributed by atoms with van der Waals surface area (Å²) in [5.41, 5.74) is 1.59.